The summed E-state index contributed by atoms with van der Waals surface area (Å²) in [6, 6.07) is 19.7. The summed E-state index contributed by atoms with van der Waals surface area (Å²) < 4.78 is 17.2. The number of likely N-dealkylation sites (N-methyl/N-ethyl adjacent to an activating group) is 1. The standard InChI is InChI=1S/C34H40N2O6/c1-6-35(7-2)18-19-36-31(25-14-17-28(41-8-3)29(21-25)40-5)30(33(38)34(36)39)32(37)27-16-15-26(20-23(27)4)42-22-24-12-10-9-11-13-24/h9-17,20-21,31,37H,6-8,18-19,22H2,1-5H3/b32-30-. The molecule has 1 amide bonds. The third-order valence-electron chi connectivity index (χ3n) is 7.60. The second kappa shape index (κ2) is 14.0. The van der Waals surface area contributed by atoms with Crippen LogP contribution in [0.2, 0.25) is 0 Å². The molecule has 3 aromatic carbocycles. The van der Waals surface area contributed by atoms with Gasteiger partial charge in [0.1, 0.15) is 18.1 Å². The topological polar surface area (TPSA) is 88.5 Å². The number of hydrogen-bond acceptors (Lipinski definition) is 7. The quantitative estimate of drug-likeness (QED) is 0.159. The first-order valence-corrected chi connectivity index (χ1v) is 14.4. The molecule has 1 unspecified atom stereocenters. The van der Waals surface area contributed by atoms with E-state index in [9.17, 15) is 14.7 Å². The molecule has 0 radical (unpaired) electrons. The molecule has 0 spiro atoms. The Labute approximate surface area is 248 Å². The number of ketones is 1. The monoisotopic (exact) mass is 572 g/mol. The number of hydrogen-bond donors (Lipinski definition) is 1. The lowest BCUT2D eigenvalue weighted by atomic mass is 9.93. The molecule has 0 bridgehead atoms. The summed E-state index contributed by atoms with van der Waals surface area (Å²) in [6.07, 6.45) is 0. The highest BCUT2D eigenvalue weighted by Gasteiger charge is 2.46. The van der Waals surface area contributed by atoms with Crippen molar-refractivity contribution in [3.63, 3.8) is 0 Å². The summed E-state index contributed by atoms with van der Waals surface area (Å²) in [5, 5.41) is 11.6. The highest BCUT2D eigenvalue weighted by molar-refractivity contribution is 6.46. The number of aliphatic hydroxyl groups is 1. The number of amides is 1. The molecule has 222 valence electrons. The van der Waals surface area contributed by atoms with Crippen LogP contribution in [0.3, 0.4) is 0 Å². The first kappa shape index (κ1) is 30.7. The van der Waals surface area contributed by atoms with Crippen molar-refractivity contribution in [2.45, 2.75) is 40.3 Å². The highest BCUT2D eigenvalue weighted by Crippen LogP contribution is 2.42. The van der Waals surface area contributed by atoms with Crippen molar-refractivity contribution in [1.29, 1.82) is 0 Å². The number of ether oxygens (including phenoxy) is 3. The van der Waals surface area contributed by atoms with Crippen LogP contribution in [-0.2, 0) is 16.2 Å². The van der Waals surface area contributed by atoms with Crippen LogP contribution in [0.25, 0.3) is 5.76 Å². The van der Waals surface area contributed by atoms with Gasteiger partial charge in [0, 0.05) is 18.7 Å². The normalized spacial score (nSPS) is 16.2. The number of benzene rings is 3. The summed E-state index contributed by atoms with van der Waals surface area (Å²) in [5.41, 5.74) is 2.92. The van der Waals surface area contributed by atoms with Gasteiger partial charge >= 0.3 is 0 Å². The molecule has 1 fully saturated rings. The second-order valence-electron chi connectivity index (χ2n) is 10.1. The SMILES string of the molecule is CCOc1ccc(C2/C(=C(/O)c3ccc(OCc4ccccc4)cc3C)C(=O)C(=O)N2CCN(CC)CC)cc1OC. The molecule has 1 atom stereocenters. The number of nitrogens with zero attached hydrogens (tertiary/aromatic N) is 2. The number of aryl methyl sites for hydroxylation is 1. The Bertz CT molecular complexity index is 1430. The van der Waals surface area contributed by atoms with Gasteiger partial charge in [-0.05, 0) is 74.0 Å². The molecule has 0 aromatic heterocycles. The molecule has 4 rings (SSSR count). The maximum absolute atomic E-state index is 13.6. The van der Waals surface area contributed by atoms with Crippen molar-refractivity contribution in [1.82, 2.24) is 9.80 Å². The predicted octanol–water partition coefficient (Wildman–Crippen LogP) is 5.74. The molecule has 8 heteroatoms. The Balaban J connectivity index is 1.74. The van der Waals surface area contributed by atoms with Crippen LogP contribution < -0.4 is 14.2 Å². The van der Waals surface area contributed by atoms with Crippen LogP contribution in [-0.4, -0.2) is 66.5 Å². The van der Waals surface area contributed by atoms with E-state index in [1.165, 1.54) is 0 Å². The molecule has 1 heterocycles. The molecule has 8 nitrogen and oxygen atoms in total. The van der Waals surface area contributed by atoms with Crippen molar-refractivity contribution >= 4 is 17.4 Å². The molecule has 3 aromatic rings. The fourth-order valence-electron chi connectivity index (χ4n) is 5.25. The Morgan fingerprint density at radius 2 is 1.67 bits per heavy atom. The largest absolute Gasteiger partial charge is 0.507 e. The van der Waals surface area contributed by atoms with E-state index >= 15 is 0 Å². The lowest BCUT2D eigenvalue weighted by Gasteiger charge is -2.28. The molecule has 0 aliphatic carbocycles. The predicted molar refractivity (Wildman–Crippen MR) is 163 cm³/mol. The van der Waals surface area contributed by atoms with Crippen LogP contribution in [0.4, 0.5) is 0 Å². The fraction of sp³-hybridized carbons (Fsp3) is 0.353. The van der Waals surface area contributed by atoms with Crippen molar-refractivity contribution in [3.8, 4) is 17.2 Å². The molecule has 0 saturated carbocycles. The third kappa shape index (κ3) is 6.60. The minimum Gasteiger partial charge on any atom is -0.507 e. The minimum absolute atomic E-state index is 0.0480. The summed E-state index contributed by atoms with van der Waals surface area (Å²) in [4.78, 5) is 30.7. The molecular formula is C34H40N2O6. The zero-order valence-electron chi connectivity index (χ0n) is 25.1. The summed E-state index contributed by atoms with van der Waals surface area (Å²) in [5.74, 6) is 0.116. The Morgan fingerprint density at radius 1 is 0.929 bits per heavy atom. The molecule has 1 aliphatic rings. The van der Waals surface area contributed by atoms with Crippen LogP contribution in [0.5, 0.6) is 17.2 Å². The summed E-state index contributed by atoms with van der Waals surface area (Å²) in [6.45, 7) is 11.3. The van der Waals surface area contributed by atoms with Crippen LogP contribution in [0, 0.1) is 6.92 Å². The number of carbonyl (C=O) groups excluding carboxylic acids is 2. The van der Waals surface area contributed by atoms with Gasteiger partial charge in [0.15, 0.2) is 11.5 Å². The van der Waals surface area contributed by atoms with E-state index in [4.69, 9.17) is 14.2 Å². The zero-order valence-corrected chi connectivity index (χ0v) is 25.1. The van der Waals surface area contributed by atoms with Gasteiger partial charge in [0.2, 0.25) is 0 Å². The van der Waals surface area contributed by atoms with Crippen molar-refractivity contribution < 1.29 is 28.9 Å². The van der Waals surface area contributed by atoms with Crippen molar-refractivity contribution in [2.24, 2.45) is 0 Å². The lowest BCUT2D eigenvalue weighted by molar-refractivity contribution is -0.140. The van der Waals surface area contributed by atoms with Gasteiger partial charge in [0.05, 0.1) is 25.3 Å². The number of likely N-dealkylation sites (tertiary alicyclic amines) is 1. The second-order valence-corrected chi connectivity index (χ2v) is 10.1. The molecule has 1 N–H and O–H groups in total. The average molecular weight is 573 g/mol. The van der Waals surface area contributed by atoms with Gasteiger partial charge in [-0.2, -0.15) is 0 Å². The van der Waals surface area contributed by atoms with E-state index in [0.29, 0.717) is 54.7 Å². The highest BCUT2D eigenvalue weighted by atomic mass is 16.5. The lowest BCUT2D eigenvalue weighted by Crippen LogP contribution is -2.38. The number of methoxy groups -OCH3 is 1. The third-order valence-corrected chi connectivity index (χ3v) is 7.60. The Kier molecular flexibility index (Phi) is 10.3. The maximum Gasteiger partial charge on any atom is 0.295 e. The van der Waals surface area contributed by atoms with E-state index in [1.54, 1.807) is 36.3 Å². The zero-order chi connectivity index (χ0) is 30.2. The number of rotatable bonds is 13. The summed E-state index contributed by atoms with van der Waals surface area (Å²) >= 11 is 0. The minimum atomic E-state index is -0.793. The number of carbonyl (C=O) groups is 2. The average Bonchev–Trinajstić information content (AvgIpc) is 3.26. The first-order chi connectivity index (χ1) is 20.3. The van der Waals surface area contributed by atoms with E-state index in [-0.39, 0.29) is 11.3 Å². The van der Waals surface area contributed by atoms with Gasteiger partial charge in [-0.3, -0.25) is 9.59 Å². The van der Waals surface area contributed by atoms with E-state index in [0.717, 1.165) is 24.2 Å². The maximum atomic E-state index is 13.6. The number of aliphatic hydroxyl groups excluding tert-OH is 1. The van der Waals surface area contributed by atoms with E-state index in [2.05, 4.69) is 18.7 Å². The van der Waals surface area contributed by atoms with Gasteiger partial charge in [-0.15, -0.1) is 0 Å². The van der Waals surface area contributed by atoms with Crippen LogP contribution >= 0.6 is 0 Å². The van der Waals surface area contributed by atoms with Gasteiger partial charge in [-0.25, -0.2) is 0 Å². The Morgan fingerprint density at radius 3 is 2.31 bits per heavy atom. The summed E-state index contributed by atoms with van der Waals surface area (Å²) in [7, 11) is 1.55. The van der Waals surface area contributed by atoms with Crippen molar-refractivity contribution in [3.05, 3.63) is 94.6 Å². The Hall–Kier alpha value is -4.30. The van der Waals surface area contributed by atoms with E-state index in [1.807, 2.05) is 56.3 Å². The molecule has 42 heavy (non-hydrogen) atoms. The van der Waals surface area contributed by atoms with Gasteiger partial charge < -0.3 is 29.1 Å². The molecule has 1 aliphatic heterocycles. The fourth-order valence-corrected chi connectivity index (χ4v) is 5.25. The van der Waals surface area contributed by atoms with Crippen molar-refractivity contribution in [2.75, 3.05) is 39.9 Å². The van der Waals surface area contributed by atoms with Crippen LogP contribution in [0.15, 0.2) is 72.3 Å². The molecule has 1 saturated heterocycles. The first-order valence-electron chi connectivity index (χ1n) is 14.4. The smallest absolute Gasteiger partial charge is 0.295 e. The van der Waals surface area contributed by atoms with Gasteiger partial charge in [-0.1, -0.05) is 50.2 Å². The van der Waals surface area contributed by atoms with Gasteiger partial charge in [0.25, 0.3) is 11.7 Å². The van der Waals surface area contributed by atoms with Crippen LogP contribution in [0.1, 0.15) is 49.1 Å². The number of Topliss-reactive ketones (excluding diaryl/α,β-unsaturated/α-hetero) is 1. The van der Waals surface area contributed by atoms with E-state index < -0.39 is 17.7 Å². The molecular weight excluding hydrogens is 532 g/mol.